The van der Waals surface area contributed by atoms with Gasteiger partial charge in [-0.25, -0.2) is 4.79 Å². The summed E-state index contributed by atoms with van der Waals surface area (Å²) in [5, 5.41) is 13.8. The molecule has 53 heavy (non-hydrogen) atoms. The van der Waals surface area contributed by atoms with Gasteiger partial charge < -0.3 is 34.6 Å². The number of hydrogen-bond acceptors (Lipinski definition) is 8. The van der Waals surface area contributed by atoms with E-state index in [-0.39, 0.29) is 25.2 Å². The predicted molar refractivity (Wildman–Crippen MR) is 216 cm³/mol. The minimum Gasteiger partial charge on any atom is -0.410 e. The van der Waals surface area contributed by atoms with Crippen molar-refractivity contribution in [3.8, 4) is 5.75 Å². The molecule has 1 atom stereocenters. The maximum absolute atomic E-state index is 13.1. The lowest BCUT2D eigenvalue weighted by Gasteiger charge is -2.35. The molecule has 0 bridgehead atoms. The first-order chi connectivity index (χ1) is 25.6. The van der Waals surface area contributed by atoms with Crippen LogP contribution in [0.25, 0.3) is 0 Å². The van der Waals surface area contributed by atoms with Gasteiger partial charge in [0.05, 0.1) is 11.4 Å². The second-order valence-electron chi connectivity index (χ2n) is 13.7. The van der Waals surface area contributed by atoms with Crippen molar-refractivity contribution in [1.29, 1.82) is 0 Å². The van der Waals surface area contributed by atoms with Crippen LogP contribution in [0.2, 0.25) is 0 Å². The molecular formula is C43H56N4O5S. The molecule has 0 saturated carbocycles. The topological polar surface area (TPSA) is 94.6 Å². The van der Waals surface area contributed by atoms with Crippen LogP contribution in [0.3, 0.4) is 0 Å². The van der Waals surface area contributed by atoms with Crippen LogP contribution in [0.5, 0.6) is 5.75 Å². The maximum Gasteiger partial charge on any atom is 0.415 e. The van der Waals surface area contributed by atoms with Gasteiger partial charge in [-0.3, -0.25) is 4.79 Å². The number of carbonyl (C=O) groups is 2. The number of hydrogen-bond donors (Lipinski definition) is 2. The lowest BCUT2D eigenvalue weighted by molar-refractivity contribution is -0.126. The normalized spacial score (nSPS) is 12.2. The summed E-state index contributed by atoms with van der Waals surface area (Å²) in [6.45, 7) is 5.05. The molecule has 0 aliphatic heterocycles. The summed E-state index contributed by atoms with van der Waals surface area (Å²) >= 11 is 1.78. The molecule has 4 aromatic carbocycles. The Morgan fingerprint density at radius 1 is 0.755 bits per heavy atom. The molecule has 10 heteroatoms. The van der Waals surface area contributed by atoms with Crippen LogP contribution in [0.15, 0.2) is 109 Å². The quantitative estimate of drug-likeness (QED) is 0.0731. The average Bonchev–Trinajstić information content (AvgIpc) is 3.16. The Balaban J connectivity index is 1.27. The molecule has 0 radical (unpaired) electrons. The molecular weight excluding hydrogens is 685 g/mol. The molecule has 9 nitrogen and oxygen atoms in total. The SMILES string of the molecule is Cc1cc(C(O)COCC(=O)NCCSC(c2ccccc2)(c2ccccc2)c2ccccc2)ccc1OC(=O)N(CCCN(C)C)CCCN(C)C. The average molecular weight is 741 g/mol. The van der Waals surface area contributed by atoms with Crippen LogP contribution in [0.4, 0.5) is 4.79 Å². The van der Waals surface area contributed by atoms with Crippen LogP contribution in [0.1, 0.15) is 46.8 Å². The zero-order chi connectivity index (χ0) is 38.1. The Morgan fingerprint density at radius 3 is 1.74 bits per heavy atom. The monoisotopic (exact) mass is 740 g/mol. The molecule has 0 heterocycles. The molecule has 0 aromatic heterocycles. The lowest BCUT2D eigenvalue weighted by atomic mass is 9.84. The Labute approximate surface area is 320 Å². The van der Waals surface area contributed by atoms with Crippen LogP contribution in [0, 0.1) is 6.92 Å². The highest BCUT2D eigenvalue weighted by molar-refractivity contribution is 8.00. The number of thioether (sulfide) groups is 1. The molecule has 2 amide bonds. The highest BCUT2D eigenvalue weighted by Crippen LogP contribution is 2.48. The van der Waals surface area contributed by atoms with Gasteiger partial charge in [-0.15, -0.1) is 11.8 Å². The third kappa shape index (κ3) is 12.7. The molecule has 0 fully saturated rings. The Kier molecular flexibility index (Phi) is 16.9. The number of aryl methyl sites for hydroxylation is 1. The van der Waals surface area contributed by atoms with E-state index in [2.05, 4.69) is 87.9 Å². The summed E-state index contributed by atoms with van der Waals surface area (Å²) in [7, 11) is 8.07. The highest BCUT2D eigenvalue weighted by Gasteiger charge is 2.36. The smallest absolute Gasteiger partial charge is 0.410 e. The summed E-state index contributed by atoms with van der Waals surface area (Å²) in [6, 6.07) is 36.6. The number of nitrogens with zero attached hydrogens (tertiary/aromatic N) is 3. The number of carbonyl (C=O) groups excluding carboxylic acids is 2. The van der Waals surface area contributed by atoms with Crippen molar-refractivity contribution in [2.75, 3.05) is 79.9 Å². The van der Waals surface area contributed by atoms with E-state index in [1.165, 1.54) is 16.7 Å². The van der Waals surface area contributed by atoms with E-state index < -0.39 is 10.9 Å². The number of aliphatic hydroxyl groups excluding tert-OH is 1. The summed E-state index contributed by atoms with van der Waals surface area (Å²) in [4.78, 5) is 31.9. The number of ether oxygens (including phenoxy) is 2. The fourth-order valence-corrected chi connectivity index (χ4v) is 7.60. The molecule has 0 aliphatic rings. The summed E-state index contributed by atoms with van der Waals surface area (Å²) in [5.74, 6) is 0.861. The fraction of sp³-hybridized carbons (Fsp3) is 0.395. The van der Waals surface area contributed by atoms with Crippen LogP contribution < -0.4 is 10.1 Å². The second-order valence-corrected chi connectivity index (χ2v) is 15.0. The molecule has 0 spiro atoms. The Hall–Kier alpha value is -4.19. The highest BCUT2D eigenvalue weighted by atomic mass is 32.2. The van der Waals surface area contributed by atoms with Gasteiger partial charge in [0.2, 0.25) is 5.91 Å². The fourth-order valence-electron chi connectivity index (χ4n) is 6.18. The van der Waals surface area contributed by atoms with Gasteiger partial charge in [0.25, 0.3) is 0 Å². The van der Waals surface area contributed by atoms with Gasteiger partial charge in [0, 0.05) is 25.4 Å². The molecule has 4 aromatic rings. The van der Waals surface area contributed by atoms with Crippen molar-refractivity contribution in [2.24, 2.45) is 0 Å². The zero-order valence-electron chi connectivity index (χ0n) is 31.9. The minimum absolute atomic E-state index is 0.0502. The van der Waals surface area contributed by atoms with E-state index in [0.717, 1.165) is 31.5 Å². The molecule has 0 saturated heterocycles. The number of aliphatic hydroxyl groups is 1. The first-order valence-electron chi connectivity index (χ1n) is 18.3. The van der Waals surface area contributed by atoms with E-state index in [1.807, 2.05) is 53.3 Å². The standard InChI is InChI=1S/C43H56N4O5S/c1-34-31-35(23-24-40(34)52-42(50)47(28-15-26-45(2)3)29-16-27-46(4)5)39(48)32-51-33-41(49)44-25-30-53-43(36-17-9-6-10-18-36,37-19-11-7-12-20-37)38-21-13-8-14-22-38/h6-14,17-24,31,39,48H,15-16,25-30,32-33H2,1-5H3,(H,44,49). The third-order valence-corrected chi connectivity index (χ3v) is 10.4. The molecule has 284 valence electrons. The van der Waals surface area contributed by atoms with Crippen molar-refractivity contribution < 1.29 is 24.2 Å². The zero-order valence-corrected chi connectivity index (χ0v) is 32.7. The lowest BCUT2D eigenvalue weighted by Crippen LogP contribution is -2.37. The second kappa shape index (κ2) is 21.5. The van der Waals surface area contributed by atoms with Crippen LogP contribution >= 0.6 is 11.8 Å². The van der Waals surface area contributed by atoms with Gasteiger partial charge in [-0.1, -0.05) is 97.1 Å². The van der Waals surface area contributed by atoms with Gasteiger partial charge in [0.15, 0.2) is 0 Å². The van der Waals surface area contributed by atoms with Gasteiger partial charge in [-0.05, 0) is 101 Å². The molecule has 2 N–H and O–H groups in total. The molecule has 1 unspecified atom stereocenters. The van der Waals surface area contributed by atoms with E-state index in [0.29, 0.717) is 36.7 Å². The third-order valence-electron chi connectivity index (χ3n) is 8.90. The first-order valence-corrected chi connectivity index (χ1v) is 19.3. The van der Waals surface area contributed by atoms with Crippen molar-refractivity contribution in [2.45, 2.75) is 30.6 Å². The largest absolute Gasteiger partial charge is 0.415 e. The van der Waals surface area contributed by atoms with Crippen molar-refractivity contribution >= 4 is 23.8 Å². The summed E-state index contributed by atoms with van der Waals surface area (Å²) in [5.41, 5.74) is 4.85. The van der Waals surface area contributed by atoms with E-state index >= 15 is 0 Å². The van der Waals surface area contributed by atoms with E-state index in [9.17, 15) is 14.7 Å². The maximum atomic E-state index is 13.1. The minimum atomic E-state index is -0.946. The van der Waals surface area contributed by atoms with E-state index in [4.69, 9.17) is 9.47 Å². The van der Waals surface area contributed by atoms with Crippen molar-refractivity contribution in [3.63, 3.8) is 0 Å². The van der Waals surface area contributed by atoms with Gasteiger partial charge in [0.1, 0.15) is 18.5 Å². The summed E-state index contributed by atoms with van der Waals surface area (Å²) < 4.78 is 11.0. The first kappa shape index (κ1) is 41.6. The molecule has 0 aliphatic carbocycles. The summed E-state index contributed by atoms with van der Waals surface area (Å²) in [6.07, 6.45) is 0.377. The Bertz CT molecular complexity index is 1560. The van der Waals surface area contributed by atoms with Gasteiger partial charge in [-0.2, -0.15) is 0 Å². The van der Waals surface area contributed by atoms with Crippen molar-refractivity contribution in [3.05, 3.63) is 137 Å². The number of amides is 2. The van der Waals surface area contributed by atoms with Crippen LogP contribution in [-0.4, -0.2) is 112 Å². The number of nitrogens with one attached hydrogen (secondary N) is 1. The van der Waals surface area contributed by atoms with Crippen LogP contribution in [-0.2, 0) is 14.3 Å². The Morgan fingerprint density at radius 2 is 1.26 bits per heavy atom. The number of rotatable bonds is 21. The van der Waals surface area contributed by atoms with Crippen molar-refractivity contribution in [1.82, 2.24) is 20.0 Å². The van der Waals surface area contributed by atoms with E-state index in [1.54, 1.807) is 34.9 Å². The predicted octanol–water partition coefficient (Wildman–Crippen LogP) is 6.59. The molecule has 4 rings (SSSR count). The number of benzene rings is 4. The van der Waals surface area contributed by atoms with Gasteiger partial charge >= 0.3 is 6.09 Å².